The molecule has 0 aliphatic heterocycles. The van der Waals surface area contributed by atoms with Crippen LogP contribution in [0.25, 0.3) is 11.0 Å². The van der Waals surface area contributed by atoms with Gasteiger partial charge in [0.2, 0.25) is 5.95 Å². The predicted molar refractivity (Wildman–Crippen MR) is 90.3 cm³/mol. The fourth-order valence-corrected chi connectivity index (χ4v) is 3.40. The Bertz CT molecular complexity index is 797. The normalized spacial score (nSPS) is 21.0. The van der Waals surface area contributed by atoms with Crippen LogP contribution in [0, 0.1) is 5.92 Å². The van der Waals surface area contributed by atoms with Gasteiger partial charge in [0.25, 0.3) is 0 Å². The molecule has 1 N–H and O–H groups in total. The molecular formula is C17H20N6O. The number of rotatable bonds is 4. The molecule has 1 aromatic carbocycles. The lowest BCUT2D eigenvalue weighted by Crippen LogP contribution is -2.44. The molecule has 1 saturated carbocycles. The molecule has 0 bridgehead atoms. The lowest BCUT2D eigenvalue weighted by atomic mass is 9.86. The van der Waals surface area contributed by atoms with Crippen molar-refractivity contribution in [1.29, 1.82) is 0 Å². The summed E-state index contributed by atoms with van der Waals surface area (Å²) < 4.78 is 0. The monoisotopic (exact) mass is 324 g/mol. The summed E-state index contributed by atoms with van der Waals surface area (Å²) >= 11 is 0. The molecule has 24 heavy (non-hydrogen) atoms. The van der Waals surface area contributed by atoms with Crippen molar-refractivity contribution < 1.29 is 5.11 Å². The summed E-state index contributed by atoms with van der Waals surface area (Å²) in [7, 11) is 0. The molecule has 3 aromatic rings. The van der Waals surface area contributed by atoms with Crippen LogP contribution in [0.5, 0.6) is 0 Å². The summed E-state index contributed by atoms with van der Waals surface area (Å²) in [6, 6.07) is 9.94. The van der Waals surface area contributed by atoms with Crippen LogP contribution in [0.3, 0.4) is 0 Å². The van der Waals surface area contributed by atoms with Gasteiger partial charge in [0, 0.05) is 19.0 Å². The van der Waals surface area contributed by atoms with Gasteiger partial charge in [0.05, 0.1) is 6.04 Å². The Morgan fingerprint density at radius 2 is 1.79 bits per heavy atom. The van der Waals surface area contributed by atoms with E-state index in [1.54, 1.807) is 12.4 Å². The molecule has 2 heterocycles. The fourth-order valence-electron chi connectivity index (χ4n) is 3.40. The van der Waals surface area contributed by atoms with Crippen molar-refractivity contribution in [2.45, 2.75) is 31.7 Å². The third-order valence-corrected chi connectivity index (χ3v) is 4.72. The van der Waals surface area contributed by atoms with Crippen molar-refractivity contribution in [3.05, 3.63) is 42.7 Å². The van der Waals surface area contributed by atoms with Crippen molar-refractivity contribution in [3.8, 4) is 0 Å². The van der Waals surface area contributed by atoms with E-state index in [4.69, 9.17) is 0 Å². The van der Waals surface area contributed by atoms with E-state index in [2.05, 4.69) is 20.3 Å². The molecule has 0 saturated heterocycles. The summed E-state index contributed by atoms with van der Waals surface area (Å²) in [6.45, 7) is 0.265. The topological polar surface area (TPSA) is 80.0 Å². The van der Waals surface area contributed by atoms with Gasteiger partial charge in [-0.2, -0.15) is 0 Å². The zero-order chi connectivity index (χ0) is 16.4. The van der Waals surface area contributed by atoms with Crippen molar-refractivity contribution in [2.24, 2.45) is 5.92 Å². The number of aliphatic hydroxyl groups is 1. The van der Waals surface area contributed by atoms with E-state index in [1.807, 2.05) is 40.1 Å². The first-order chi connectivity index (χ1) is 11.9. The first kappa shape index (κ1) is 15.0. The Hall–Kier alpha value is -2.54. The van der Waals surface area contributed by atoms with Gasteiger partial charge < -0.3 is 5.11 Å². The average molecular weight is 324 g/mol. The molecule has 1 aliphatic rings. The lowest BCUT2D eigenvalue weighted by Gasteiger charge is -2.35. The van der Waals surface area contributed by atoms with E-state index in [0.717, 1.165) is 36.7 Å². The van der Waals surface area contributed by atoms with Gasteiger partial charge in [0.1, 0.15) is 11.0 Å². The molecule has 4 rings (SSSR count). The van der Waals surface area contributed by atoms with Gasteiger partial charge in [0.15, 0.2) is 0 Å². The van der Waals surface area contributed by atoms with Crippen molar-refractivity contribution in [1.82, 2.24) is 25.1 Å². The Labute approximate surface area is 139 Å². The average Bonchev–Trinajstić information content (AvgIpc) is 3.07. The summed E-state index contributed by atoms with van der Waals surface area (Å²) in [5.74, 6) is 1.02. The second-order valence-corrected chi connectivity index (χ2v) is 6.22. The first-order valence-corrected chi connectivity index (χ1v) is 8.34. The van der Waals surface area contributed by atoms with Gasteiger partial charge in [-0.05, 0) is 55.0 Å². The minimum Gasteiger partial charge on any atom is -0.396 e. The zero-order valence-electron chi connectivity index (χ0n) is 13.4. The standard InChI is InChI=1S/C17H20N6O/c24-12-13-6-8-14(9-7-13)22(17-18-10-3-11-19-17)23-16-5-2-1-4-15(16)20-21-23/h1-5,10-11,13-14,24H,6-9,12H2. The van der Waals surface area contributed by atoms with Crippen molar-refractivity contribution in [2.75, 3.05) is 11.6 Å². The maximum absolute atomic E-state index is 9.39. The summed E-state index contributed by atoms with van der Waals surface area (Å²) in [5, 5.41) is 20.1. The number of aliphatic hydroxyl groups excluding tert-OH is 1. The number of anilines is 1. The first-order valence-electron chi connectivity index (χ1n) is 8.34. The summed E-state index contributed by atoms with van der Waals surface area (Å²) in [6.07, 6.45) is 7.42. The van der Waals surface area contributed by atoms with Crippen LogP contribution in [0.2, 0.25) is 0 Å². The van der Waals surface area contributed by atoms with E-state index >= 15 is 0 Å². The lowest BCUT2D eigenvalue weighted by molar-refractivity contribution is 0.178. The fraction of sp³-hybridized carbons (Fsp3) is 0.412. The second-order valence-electron chi connectivity index (χ2n) is 6.22. The highest BCUT2D eigenvalue weighted by atomic mass is 16.3. The van der Waals surface area contributed by atoms with E-state index in [-0.39, 0.29) is 12.6 Å². The third-order valence-electron chi connectivity index (χ3n) is 4.72. The molecule has 2 aromatic heterocycles. The Morgan fingerprint density at radius 1 is 1.04 bits per heavy atom. The molecular weight excluding hydrogens is 304 g/mol. The smallest absolute Gasteiger partial charge is 0.246 e. The number of aromatic nitrogens is 5. The van der Waals surface area contributed by atoms with Crippen molar-refractivity contribution in [3.63, 3.8) is 0 Å². The maximum Gasteiger partial charge on any atom is 0.246 e. The van der Waals surface area contributed by atoms with Crippen LogP contribution in [-0.4, -0.2) is 42.8 Å². The summed E-state index contributed by atoms with van der Waals surface area (Å²) in [4.78, 5) is 10.7. The minimum atomic E-state index is 0.236. The third kappa shape index (κ3) is 2.71. The number of benzene rings is 1. The van der Waals surface area contributed by atoms with Gasteiger partial charge in [-0.1, -0.05) is 12.1 Å². The van der Waals surface area contributed by atoms with E-state index in [1.165, 1.54) is 0 Å². The molecule has 0 spiro atoms. The van der Waals surface area contributed by atoms with Gasteiger partial charge in [-0.3, -0.25) is 0 Å². The quantitative estimate of drug-likeness (QED) is 0.791. The van der Waals surface area contributed by atoms with Crippen LogP contribution in [0.1, 0.15) is 25.7 Å². The highest BCUT2D eigenvalue weighted by Gasteiger charge is 2.30. The molecule has 0 atom stereocenters. The SMILES string of the molecule is OCC1CCC(N(c2ncccn2)n2nnc3ccccc32)CC1. The minimum absolute atomic E-state index is 0.236. The number of fused-ring (bicyclic) bond motifs is 1. The highest BCUT2D eigenvalue weighted by molar-refractivity contribution is 5.74. The zero-order valence-corrected chi connectivity index (χ0v) is 13.4. The molecule has 0 radical (unpaired) electrons. The Kier molecular flexibility index (Phi) is 4.08. The second kappa shape index (κ2) is 6.52. The molecule has 7 nitrogen and oxygen atoms in total. The highest BCUT2D eigenvalue weighted by Crippen LogP contribution is 2.30. The van der Waals surface area contributed by atoms with Crippen LogP contribution >= 0.6 is 0 Å². The molecule has 0 unspecified atom stereocenters. The van der Waals surface area contributed by atoms with Crippen LogP contribution < -0.4 is 5.01 Å². The number of hydrogen-bond donors (Lipinski definition) is 1. The number of nitrogens with zero attached hydrogens (tertiary/aromatic N) is 6. The van der Waals surface area contributed by atoms with Crippen LogP contribution in [0.15, 0.2) is 42.7 Å². The largest absolute Gasteiger partial charge is 0.396 e. The van der Waals surface area contributed by atoms with Crippen molar-refractivity contribution >= 4 is 17.0 Å². The van der Waals surface area contributed by atoms with Gasteiger partial charge in [-0.15, -0.1) is 9.89 Å². The predicted octanol–water partition coefficient (Wildman–Crippen LogP) is 2.04. The Balaban J connectivity index is 1.74. The molecule has 0 amide bonds. The van der Waals surface area contributed by atoms with Gasteiger partial charge in [-0.25, -0.2) is 15.0 Å². The van der Waals surface area contributed by atoms with E-state index in [9.17, 15) is 5.11 Å². The molecule has 124 valence electrons. The maximum atomic E-state index is 9.39. The molecule has 7 heteroatoms. The van der Waals surface area contributed by atoms with E-state index < -0.39 is 0 Å². The summed E-state index contributed by atoms with van der Waals surface area (Å²) in [5.41, 5.74) is 1.79. The molecule has 1 aliphatic carbocycles. The number of para-hydroxylation sites is 1. The van der Waals surface area contributed by atoms with Crippen LogP contribution in [-0.2, 0) is 0 Å². The van der Waals surface area contributed by atoms with Gasteiger partial charge >= 0.3 is 0 Å². The Morgan fingerprint density at radius 3 is 2.54 bits per heavy atom. The molecule has 1 fully saturated rings. The van der Waals surface area contributed by atoms with Crippen LogP contribution in [0.4, 0.5) is 5.95 Å². The van der Waals surface area contributed by atoms with E-state index in [0.29, 0.717) is 11.9 Å². The number of hydrogen-bond acceptors (Lipinski definition) is 6.